The lowest BCUT2D eigenvalue weighted by atomic mass is 9.88. The molecule has 3 atom stereocenters. The summed E-state index contributed by atoms with van der Waals surface area (Å²) in [5.41, 5.74) is -0.659. The fraction of sp³-hybridized carbons (Fsp3) is 0.727. The van der Waals surface area contributed by atoms with E-state index in [0.717, 1.165) is 51.4 Å². The van der Waals surface area contributed by atoms with Crippen molar-refractivity contribution in [1.29, 1.82) is 0 Å². The van der Waals surface area contributed by atoms with Crippen molar-refractivity contribution in [2.75, 3.05) is 7.11 Å². The van der Waals surface area contributed by atoms with Gasteiger partial charge in [-0.1, -0.05) is 57.3 Å². The number of allylic oxidation sites excluding steroid dienone is 3. The van der Waals surface area contributed by atoms with Crippen LogP contribution in [0.2, 0.25) is 0 Å². The molecule has 1 N–H and O–H groups in total. The van der Waals surface area contributed by atoms with Crippen molar-refractivity contribution < 1.29 is 19.4 Å². The SMILES string of the molecule is CCCCC(C)(O)CC=C[C@H]1C=CC(=O)[C@H]1CCCCCCC(=O)OC. The molecule has 0 bridgehead atoms. The van der Waals surface area contributed by atoms with Crippen LogP contribution in [0.4, 0.5) is 0 Å². The highest BCUT2D eigenvalue weighted by Crippen LogP contribution is 2.29. The Labute approximate surface area is 158 Å². The Balaban J connectivity index is 2.32. The molecule has 0 saturated heterocycles. The van der Waals surface area contributed by atoms with Gasteiger partial charge in [-0.25, -0.2) is 0 Å². The fourth-order valence-electron chi connectivity index (χ4n) is 3.41. The predicted octanol–water partition coefficient (Wildman–Crippen LogP) is 4.76. The first-order chi connectivity index (χ1) is 12.4. The van der Waals surface area contributed by atoms with E-state index in [0.29, 0.717) is 12.8 Å². The first-order valence-electron chi connectivity index (χ1n) is 10.1. The van der Waals surface area contributed by atoms with Crippen LogP contribution < -0.4 is 0 Å². The van der Waals surface area contributed by atoms with Crippen LogP contribution in [0.5, 0.6) is 0 Å². The second-order valence-corrected chi connectivity index (χ2v) is 7.71. The van der Waals surface area contributed by atoms with E-state index in [4.69, 9.17) is 0 Å². The summed E-state index contributed by atoms with van der Waals surface area (Å²) in [5, 5.41) is 10.3. The van der Waals surface area contributed by atoms with Gasteiger partial charge < -0.3 is 9.84 Å². The Bertz CT molecular complexity index is 490. The number of hydrogen-bond donors (Lipinski definition) is 1. The first-order valence-corrected chi connectivity index (χ1v) is 10.1. The van der Waals surface area contributed by atoms with Gasteiger partial charge >= 0.3 is 5.97 Å². The monoisotopic (exact) mass is 364 g/mol. The summed E-state index contributed by atoms with van der Waals surface area (Å²) in [6, 6.07) is 0. The summed E-state index contributed by atoms with van der Waals surface area (Å²) in [6.45, 7) is 4.01. The number of rotatable bonds is 13. The molecular weight excluding hydrogens is 328 g/mol. The molecule has 1 aliphatic rings. The lowest BCUT2D eigenvalue weighted by molar-refractivity contribution is -0.140. The van der Waals surface area contributed by atoms with E-state index in [-0.39, 0.29) is 23.6 Å². The average Bonchev–Trinajstić information content (AvgIpc) is 2.96. The highest BCUT2D eigenvalue weighted by Gasteiger charge is 2.27. The number of hydrogen-bond acceptors (Lipinski definition) is 4. The number of carbonyl (C=O) groups excluding carboxylic acids is 2. The van der Waals surface area contributed by atoms with E-state index >= 15 is 0 Å². The molecule has 0 aliphatic heterocycles. The molecule has 0 radical (unpaired) electrons. The molecule has 1 aliphatic carbocycles. The van der Waals surface area contributed by atoms with E-state index < -0.39 is 5.60 Å². The molecule has 0 spiro atoms. The highest BCUT2D eigenvalue weighted by molar-refractivity contribution is 5.94. The number of unbranched alkanes of at least 4 members (excludes halogenated alkanes) is 4. The van der Waals surface area contributed by atoms with E-state index in [1.165, 1.54) is 7.11 Å². The Morgan fingerprint density at radius 3 is 2.69 bits per heavy atom. The summed E-state index contributed by atoms with van der Waals surface area (Å²) < 4.78 is 4.63. The quantitative estimate of drug-likeness (QED) is 0.291. The van der Waals surface area contributed by atoms with E-state index in [1.54, 1.807) is 6.08 Å². The molecule has 0 heterocycles. The summed E-state index contributed by atoms with van der Waals surface area (Å²) in [4.78, 5) is 23.2. The average molecular weight is 365 g/mol. The van der Waals surface area contributed by atoms with Gasteiger partial charge in [0.2, 0.25) is 0 Å². The van der Waals surface area contributed by atoms with Gasteiger partial charge in [-0.15, -0.1) is 0 Å². The molecule has 148 valence electrons. The molecule has 4 nitrogen and oxygen atoms in total. The van der Waals surface area contributed by atoms with Crippen molar-refractivity contribution in [3.63, 3.8) is 0 Å². The fourth-order valence-corrected chi connectivity index (χ4v) is 3.41. The van der Waals surface area contributed by atoms with Crippen molar-refractivity contribution in [3.8, 4) is 0 Å². The lowest BCUT2D eigenvalue weighted by Crippen LogP contribution is -2.22. The second kappa shape index (κ2) is 12.1. The summed E-state index contributed by atoms with van der Waals surface area (Å²) in [5.74, 6) is 0.249. The maximum atomic E-state index is 12.1. The van der Waals surface area contributed by atoms with Crippen LogP contribution in [-0.2, 0) is 14.3 Å². The Morgan fingerprint density at radius 2 is 2.00 bits per heavy atom. The first kappa shape index (κ1) is 22.6. The molecule has 0 aromatic carbocycles. The minimum atomic E-state index is -0.659. The zero-order valence-corrected chi connectivity index (χ0v) is 16.7. The van der Waals surface area contributed by atoms with Crippen molar-refractivity contribution in [1.82, 2.24) is 0 Å². The van der Waals surface area contributed by atoms with Gasteiger partial charge in [0.05, 0.1) is 12.7 Å². The van der Waals surface area contributed by atoms with E-state index in [1.807, 2.05) is 19.1 Å². The lowest BCUT2D eigenvalue weighted by Gasteiger charge is -2.21. The maximum Gasteiger partial charge on any atom is 0.305 e. The van der Waals surface area contributed by atoms with Crippen molar-refractivity contribution >= 4 is 11.8 Å². The van der Waals surface area contributed by atoms with Crippen molar-refractivity contribution in [2.24, 2.45) is 11.8 Å². The minimum Gasteiger partial charge on any atom is -0.469 e. The molecule has 0 amide bonds. The van der Waals surface area contributed by atoms with Gasteiger partial charge in [-0.05, 0) is 38.7 Å². The van der Waals surface area contributed by atoms with Crippen molar-refractivity contribution in [3.05, 3.63) is 24.3 Å². The molecule has 0 aromatic rings. The predicted molar refractivity (Wildman–Crippen MR) is 105 cm³/mol. The van der Waals surface area contributed by atoms with Gasteiger partial charge in [-0.3, -0.25) is 9.59 Å². The molecule has 26 heavy (non-hydrogen) atoms. The normalized spacial score (nSPS) is 22.1. The number of ketones is 1. The Morgan fingerprint density at radius 1 is 1.27 bits per heavy atom. The van der Waals surface area contributed by atoms with Gasteiger partial charge in [0.15, 0.2) is 5.78 Å². The largest absolute Gasteiger partial charge is 0.469 e. The van der Waals surface area contributed by atoms with Gasteiger partial charge in [0.1, 0.15) is 0 Å². The van der Waals surface area contributed by atoms with Crippen LogP contribution >= 0.6 is 0 Å². The smallest absolute Gasteiger partial charge is 0.305 e. The third kappa shape index (κ3) is 8.79. The molecule has 0 saturated carbocycles. The minimum absolute atomic E-state index is 0.0347. The summed E-state index contributed by atoms with van der Waals surface area (Å²) >= 11 is 0. The van der Waals surface area contributed by atoms with E-state index in [9.17, 15) is 14.7 Å². The van der Waals surface area contributed by atoms with E-state index in [2.05, 4.69) is 17.7 Å². The van der Waals surface area contributed by atoms with Crippen LogP contribution in [0.1, 0.15) is 78.1 Å². The van der Waals surface area contributed by atoms with Crippen LogP contribution in [-0.4, -0.2) is 29.6 Å². The zero-order valence-electron chi connectivity index (χ0n) is 16.7. The van der Waals surface area contributed by atoms with Gasteiger partial charge in [0.25, 0.3) is 0 Å². The van der Waals surface area contributed by atoms with Crippen LogP contribution in [0.25, 0.3) is 0 Å². The van der Waals surface area contributed by atoms with Crippen LogP contribution in [0, 0.1) is 11.8 Å². The third-order valence-electron chi connectivity index (χ3n) is 5.17. The Kier molecular flexibility index (Phi) is 10.5. The number of ether oxygens (including phenoxy) is 1. The number of esters is 1. The number of methoxy groups -OCH3 is 1. The van der Waals surface area contributed by atoms with Crippen LogP contribution in [0.15, 0.2) is 24.3 Å². The molecule has 4 heteroatoms. The Hall–Kier alpha value is -1.42. The number of carbonyl (C=O) groups is 2. The van der Waals surface area contributed by atoms with Gasteiger partial charge in [0, 0.05) is 18.3 Å². The standard InChI is InChI=1S/C22H36O4/c1-4-5-16-22(2,25)17-10-11-18-14-15-20(23)19(18)12-8-6-7-9-13-21(24)26-3/h10-11,14-15,18-19,25H,4-9,12-13,16-17H2,1-3H3/t18-,19-,22?/m0/s1. The third-order valence-corrected chi connectivity index (χ3v) is 5.17. The molecule has 0 fully saturated rings. The number of aliphatic hydroxyl groups is 1. The van der Waals surface area contributed by atoms with Gasteiger partial charge in [-0.2, -0.15) is 0 Å². The molecule has 1 unspecified atom stereocenters. The highest BCUT2D eigenvalue weighted by atomic mass is 16.5. The molecular formula is C22H36O4. The topological polar surface area (TPSA) is 63.6 Å². The molecule has 1 rings (SSSR count). The maximum absolute atomic E-state index is 12.1. The second-order valence-electron chi connectivity index (χ2n) is 7.71. The summed E-state index contributed by atoms with van der Waals surface area (Å²) in [6.07, 6.45) is 16.6. The van der Waals surface area contributed by atoms with Crippen LogP contribution in [0.3, 0.4) is 0 Å². The summed E-state index contributed by atoms with van der Waals surface area (Å²) in [7, 11) is 1.41. The molecule has 0 aromatic heterocycles. The zero-order chi connectivity index (χ0) is 19.4. The van der Waals surface area contributed by atoms with Crippen molar-refractivity contribution in [2.45, 2.75) is 83.7 Å².